The Balaban J connectivity index is 1.55. The number of unbranched alkanes of at least 4 members (excludes halogenated alkanes) is 6. The predicted molar refractivity (Wildman–Crippen MR) is 131 cm³/mol. The van der Waals surface area contributed by atoms with Crippen molar-refractivity contribution in [3.05, 3.63) is 42.5 Å². The molecule has 0 amide bonds. The van der Waals surface area contributed by atoms with Crippen molar-refractivity contribution in [1.82, 2.24) is 4.98 Å². The summed E-state index contributed by atoms with van der Waals surface area (Å²) in [6.07, 6.45) is 7.67. The van der Waals surface area contributed by atoms with Gasteiger partial charge in [-0.1, -0.05) is 31.0 Å². The van der Waals surface area contributed by atoms with Crippen molar-refractivity contribution in [1.29, 1.82) is 0 Å². The van der Waals surface area contributed by atoms with Gasteiger partial charge in [0.2, 0.25) is 5.88 Å². The summed E-state index contributed by atoms with van der Waals surface area (Å²) in [5.41, 5.74) is 2.32. The molecule has 2 aromatic heterocycles. The molecular weight excluding hydrogens is 418 g/mol. The lowest BCUT2D eigenvalue weighted by Crippen LogP contribution is -2.00. The monoisotopic (exact) mass is 451 g/mol. The molecule has 0 unspecified atom stereocenters. The first-order valence-corrected chi connectivity index (χ1v) is 12.0. The maximum Gasteiger partial charge on any atom is 0.222 e. The highest BCUT2D eigenvalue weighted by molar-refractivity contribution is 6.14. The van der Waals surface area contributed by atoms with Gasteiger partial charge in [-0.15, -0.1) is 0 Å². The molecule has 0 spiro atoms. The van der Waals surface area contributed by atoms with E-state index in [0.717, 1.165) is 90.0 Å². The summed E-state index contributed by atoms with van der Waals surface area (Å²) in [5.74, 6) is 1.42. The molecule has 0 saturated carbocycles. The van der Waals surface area contributed by atoms with Crippen molar-refractivity contribution in [2.24, 2.45) is 0 Å². The first-order valence-electron chi connectivity index (χ1n) is 12.0. The molecule has 0 aliphatic rings. The summed E-state index contributed by atoms with van der Waals surface area (Å²) < 4.78 is 18.3. The maximum atomic E-state index is 8.93. The Morgan fingerprint density at radius 3 is 2.09 bits per heavy atom. The van der Waals surface area contributed by atoms with Gasteiger partial charge in [-0.25, -0.2) is 4.98 Å². The van der Waals surface area contributed by atoms with Crippen LogP contribution in [0.3, 0.4) is 0 Å². The second-order valence-corrected chi connectivity index (χ2v) is 8.37. The van der Waals surface area contributed by atoms with E-state index in [9.17, 15) is 0 Å². The minimum atomic E-state index is 0.243. The van der Waals surface area contributed by atoms with E-state index in [4.69, 9.17) is 29.1 Å². The van der Waals surface area contributed by atoms with Crippen molar-refractivity contribution in [3.8, 4) is 11.6 Å². The predicted octanol–water partition coefficient (Wildman–Crippen LogP) is 6.00. The van der Waals surface area contributed by atoms with Crippen LogP contribution >= 0.6 is 0 Å². The second-order valence-electron chi connectivity index (χ2n) is 8.37. The summed E-state index contributed by atoms with van der Waals surface area (Å²) in [6, 6.07) is 13.9. The van der Waals surface area contributed by atoms with Gasteiger partial charge in [-0.05, 0) is 62.8 Å². The van der Waals surface area contributed by atoms with Crippen molar-refractivity contribution in [2.75, 3.05) is 26.4 Å². The summed E-state index contributed by atoms with van der Waals surface area (Å²) in [7, 11) is 0. The van der Waals surface area contributed by atoms with Crippen molar-refractivity contribution < 1.29 is 24.1 Å². The molecule has 6 heteroatoms. The van der Waals surface area contributed by atoms with Gasteiger partial charge in [-0.2, -0.15) is 0 Å². The largest absolute Gasteiger partial charge is 0.494 e. The van der Waals surface area contributed by atoms with Gasteiger partial charge in [0.25, 0.3) is 0 Å². The third-order valence-corrected chi connectivity index (χ3v) is 5.86. The van der Waals surface area contributed by atoms with Gasteiger partial charge < -0.3 is 24.1 Å². The van der Waals surface area contributed by atoms with Crippen LogP contribution < -0.4 is 9.47 Å². The number of aromatic nitrogens is 1. The van der Waals surface area contributed by atoms with Crippen LogP contribution in [0.1, 0.15) is 51.4 Å². The Bertz CT molecular complexity index is 1170. The molecule has 2 N–H and O–H groups in total. The number of aliphatic hydroxyl groups excluding tert-OH is 2. The standard InChI is InChI=1S/C27H33NO5/c29-15-7-1-3-9-17-31-20-13-14-24-23(19-20)25-26(33-24)21-11-5-6-12-22(21)27(28-25)32-18-10-4-2-8-16-30/h5-6,11-14,19,29-30H,1-4,7-10,15-18H2. The minimum Gasteiger partial charge on any atom is -0.494 e. The van der Waals surface area contributed by atoms with E-state index in [1.807, 2.05) is 42.5 Å². The van der Waals surface area contributed by atoms with Crippen LogP contribution in [0, 0.1) is 0 Å². The molecule has 0 aliphatic heterocycles. The molecule has 6 nitrogen and oxygen atoms in total. The molecule has 0 aliphatic carbocycles. The van der Waals surface area contributed by atoms with Crippen LogP contribution in [0.2, 0.25) is 0 Å². The van der Waals surface area contributed by atoms with E-state index in [-0.39, 0.29) is 13.2 Å². The molecule has 4 rings (SSSR count). The highest BCUT2D eigenvalue weighted by atomic mass is 16.5. The van der Waals surface area contributed by atoms with Crippen LogP contribution in [0.4, 0.5) is 0 Å². The van der Waals surface area contributed by atoms with Crippen LogP contribution in [0.25, 0.3) is 32.8 Å². The topological polar surface area (TPSA) is 85.0 Å². The van der Waals surface area contributed by atoms with Crippen molar-refractivity contribution in [3.63, 3.8) is 0 Å². The zero-order valence-corrected chi connectivity index (χ0v) is 19.1. The number of hydrogen-bond donors (Lipinski definition) is 2. The van der Waals surface area contributed by atoms with Crippen LogP contribution in [0.5, 0.6) is 11.6 Å². The van der Waals surface area contributed by atoms with Crippen molar-refractivity contribution in [2.45, 2.75) is 51.4 Å². The Morgan fingerprint density at radius 2 is 1.36 bits per heavy atom. The fourth-order valence-corrected chi connectivity index (χ4v) is 4.08. The van der Waals surface area contributed by atoms with Crippen LogP contribution in [0.15, 0.2) is 46.9 Å². The first-order chi connectivity index (χ1) is 16.3. The van der Waals surface area contributed by atoms with Gasteiger partial charge in [0, 0.05) is 24.0 Å². The molecule has 0 atom stereocenters. The highest BCUT2D eigenvalue weighted by Gasteiger charge is 2.16. The Hall–Kier alpha value is -2.83. The fourth-order valence-electron chi connectivity index (χ4n) is 4.08. The molecule has 2 aromatic carbocycles. The molecule has 176 valence electrons. The molecule has 0 fully saturated rings. The quantitative estimate of drug-likeness (QED) is 0.229. The number of pyridine rings is 1. The number of furan rings is 1. The van der Waals surface area contributed by atoms with E-state index < -0.39 is 0 Å². The van der Waals surface area contributed by atoms with E-state index in [1.165, 1.54) is 0 Å². The lowest BCUT2D eigenvalue weighted by Gasteiger charge is -2.09. The van der Waals surface area contributed by atoms with Crippen LogP contribution in [-0.2, 0) is 0 Å². The second kappa shape index (κ2) is 11.9. The molecule has 2 heterocycles. The minimum absolute atomic E-state index is 0.243. The number of hydrogen-bond acceptors (Lipinski definition) is 6. The molecular formula is C27H33NO5. The number of nitrogens with zero attached hydrogens (tertiary/aromatic N) is 1. The molecule has 0 saturated heterocycles. The number of aliphatic hydroxyl groups is 2. The van der Waals surface area contributed by atoms with E-state index in [2.05, 4.69) is 0 Å². The van der Waals surface area contributed by atoms with Gasteiger partial charge in [0.15, 0.2) is 5.58 Å². The summed E-state index contributed by atoms with van der Waals surface area (Å²) in [5, 5.41) is 20.7. The van der Waals surface area contributed by atoms with Gasteiger partial charge in [-0.3, -0.25) is 0 Å². The number of benzene rings is 2. The Morgan fingerprint density at radius 1 is 0.697 bits per heavy atom. The average Bonchev–Trinajstić information content (AvgIpc) is 3.21. The lowest BCUT2D eigenvalue weighted by molar-refractivity contribution is 0.272. The first kappa shape index (κ1) is 23.3. The third kappa shape index (κ3) is 5.75. The Kier molecular flexibility index (Phi) is 8.39. The molecule has 33 heavy (non-hydrogen) atoms. The molecule has 0 bridgehead atoms. The normalized spacial score (nSPS) is 11.6. The number of ether oxygens (including phenoxy) is 2. The van der Waals surface area contributed by atoms with Gasteiger partial charge in [0.1, 0.15) is 16.8 Å². The molecule has 0 radical (unpaired) electrons. The van der Waals surface area contributed by atoms with Crippen LogP contribution in [-0.4, -0.2) is 41.6 Å². The van der Waals surface area contributed by atoms with E-state index in [0.29, 0.717) is 19.1 Å². The van der Waals surface area contributed by atoms with Gasteiger partial charge >= 0.3 is 0 Å². The zero-order valence-electron chi connectivity index (χ0n) is 19.1. The lowest BCUT2D eigenvalue weighted by atomic mass is 10.1. The Labute approximate surface area is 194 Å². The summed E-state index contributed by atoms with van der Waals surface area (Å²) >= 11 is 0. The molecule has 4 aromatic rings. The van der Waals surface area contributed by atoms with Crippen molar-refractivity contribution >= 4 is 32.8 Å². The average molecular weight is 452 g/mol. The van der Waals surface area contributed by atoms with Gasteiger partial charge in [0.05, 0.1) is 18.6 Å². The maximum absolute atomic E-state index is 8.93. The zero-order chi connectivity index (χ0) is 22.9. The highest BCUT2D eigenvalue weighted by Crippen LogP contribution is 2.37. The SMILES string of the molecule is OCCCCCCOc1ccc2oc3c4ccccc4c(OCCCCCCO)nc3c2c1. The smallest absolute Gasteiger partial charge is 0.222 e. The van der Waals surface area contributed by atoms with E-state index >= 15 is 0 Å². The van der Waals surface area contributed by atoms with E-state index in [1.54, 1.807) is 0 Å². The number of rotatable bonds is 14. The fraction of sp³-hybridized carbons (Fsp3) is 0.444. The summed E-state index contributed by atoms with van der Waals surface area (Å²) in [6.45, 7) is 1.73. The number of fused-ring (bicyclic) bond motifs is 5. The summed E-state index contributed by atoms with van der Waals surface area (Å²) in [4.78, 5) is 4.86. The third-order valence-electron chi connectivity index (χ3n) is 5.86.